The van der Waals surface area contributed by atoms with Gasteiger partial charge in [0.05, 0.1) is 7.11 Å². The summed E-state index contributed by atoms with van der Waals surface area (Å²) in [5, 5.41) is 0. The molecule has 21 heavy (non-hydrogen) atoms. The van der Waals surface area contributed by atoms with Gasteiger partial charge in [-0.05, 0) is 43.0 Å². The standard InChI is InChI=1S/C18H23NO2/c1-20-18-16(10-5-6-13-19)11-7-12-17(18)21-14-15-8-3-2-4-9-15/h2-4,7-9,11-12H,5-6,10,13-14,19H2,1H3. The van der Waals surface area contributed by atoms with Crippen LogP contribution in [0.4, 0.5) is 0 Å². The van der Waals surface area contributed by atoms with E-state index in [0.717, 1.165) is 42.9 Å². The first-order valence-electron chi connectivity index (χ1n) is 7.38. The van der Waals surface area contributed by atoms with E-state index in [1.165, 1.54) is 5.56 Å². The minimum atomic E-state index is 0.545. The molecule has 0 atom stereocenters. The Morgan fingerprint density at radius 1 is 0.952 bits per heavy atom. The van der Waals surface area contributed by atoms with Crippen molar-refractivity contribution in [1.29, 1.82) is 0 Å². The van der Waals surface area contributed by atoms with Gasteiger partial charge < -0.3 is 15.2 Å². The minimum Gasteiger partial charge on any atom is -0.493 e. The predicted octanol–water partition coefficient (Wildman–Crippen LogP) is 3.56. The monoisotopic (exact) mass is 285 g/mol. The van der Waals surface area contributed by atoms with E-state index in [9.17, 15) is 0 Å². The first-order chi connectivity index (χ1) is 10.3. The van der Waals surface area contributed by atoms with Gasteiger partial charge in [0.2, 0.25) is 0 Å². The highest BCUT2D eigenvalue weighted by Crippen LogP contribution is 2.32. The van der Waals surface area contributed by atoms with Crippen molar-refractivity contribution in [3.8, 4) is 11.5 Å². The third kappa shape index (κ3) is 4.50. The fourth-order valence-corrected chi connectivity index (χ4v) is 2.30. The van der Waals surface area contributed by atoms with Crippen molar-refractivity contribution in [2.45, 2.75) is 25.9 Å². The van der Waals surface area contributed by atoms with Crippen molar-refractivity contribution >= 4 is 0 Å². The second kappa shape index (κ2) is 8.32. The summed E-state index contributed by atoms with van der Waals surface area (Å²) in [5.41, 5.74) is 7.87. The van der Waals surface area contributed by atoms with Gasteiger partial charge >= 0.3 is 0 Å². The summed E-state index contributed by atoms with van der Waals surface area (Å²) in [6, 6.07) is 16.2. The van der Waals surface area contributed by atoms with Crippen LogP contribution in [0, 0.1) is 0 Å². The van der Waals surface area contributed by atoms with Gasteiger partial charge in [-0.2, -0.15) is 0 Å². The Balaban J connectivity index is 2.06. The largest absolute Gasteiger partial charge is 0.493 e. The van der Waals surface area contributed by atoms with Crippen molar-refractivity contribution in [3.05, 3.63) is 59.7 Å². The van der Waals surface area contributed by atoms with Gasteiger partial charge in [0.15, 0.2) is 11.5 Å². The van der Waals surface area contributed by atoms with Crippen LogP contribution in [-0.4, -0.2) is 13.7 Å². The fourth-order valence-electron chi connectivity index (χ4n) is 2.30. The van der Waals surface area contributed by atoms with Crippen LogP contribution in [0.25, 0.3) is 0 Å². The highest BCUT2D eigenvalue weighted by Gasteiger charge is 2.10. The normalized spacial score (nSPS) is 10.4. The minimum absolute atomic E-state index is 0.545. The topological polar surface area (TPSA) is 44.5 Å². The molecule has 0 aliphatic carbocycles. The maximum Gasteiger partial charge on any atom is 0.163 e. The van der Waals surface area contributed by atoms with Crippen LogP contribution >= 0.6 is 0 Å². The zero-order chi connectivity index (χ0) is 14.9. The Morgan fingerprint density at radius 2 is 1.76 bits per heavy atom. The highest BCUT2D eigenvalue weighted by molar-refractivity contribution is 5.46. The molecule has 0 bridgehead atoms. The fraction of sp³-hybridized carbons (Fsp3) is 0.333. The molecule has 0 aliphatic heterocycles. The van der Waals surface area contributed by atoms with E-state index in [-0.39, 0.29) is 0 Å². The molecule has 0 saturated carbocycles. The van der Waals surface area contributed by atoms with E-state index in [4.69, 9.17) is 15.2 Å². The van der Waals surface area contributed by atoms with Gasteiger partial charge in [0.1, 0.15) is 6.61 Å². The van der Waals surface area contributed by atoms with Crippen LogP contribution in [-0.2, 0) is 13.0 Å². The second-order valence-electron chi connectivity index (χ2n) is 4.97. The Bertz CT molecular complexity index is 540. The van der Waals surface area contributed by atoms with E-state index in [1.54, 1.807) is 7.11 Å². The van der Waals surface area contributed by atoms with E-state index in [0.29, 0.717) is 6.61 Å². The Kier molecular flexibility index (Phi) is 6.10. The van der Waals surface area contributed by atoms with Crippen molar-refractivity contribution < 1.29 is 9.47 Å². The molecule has 0 radical (unpaired) electrons. The van der Waals surface area contributed by atoms with Crippen LogP contribution in [0.15, 0.2) is 48.5 Å². The quantitative estimate of drug-likeness (QED) is 0.754. The number of aryl methyl sites for hydroxylation is 1. The van der Waals surface area contributed by atoms with Gasteiger partial charge in [-0.1, -0.05) is 42.5 Å². The van der Waals surface area contributed by atoms with Crippen LogP contribution in [0.1, 0.15) is 24.0 Å². The van der Waals surface area contributed by atoms with Crippen molar-refractivity contribution in [3.63, 3.8) is 0 Å². The summed E-state index contributed by atoms with van der Waals surface area (Å²) in [7, 11) is 1.69. The zero-order valence-corrected chi connectivity index (χ0v) is 12.5. The molecule has 112 valence electrons. The summed E-state index contributed by atoms with van der Waals surface area (Å²) < 4.78 is 11.5. The molecule has 2 rings (SSSR count). The highest BCUT2D eigenvalue weighted by atomic mass is 16.5. The van der Waals surface area contributed by atoms with Crippen molar-refractivity contribution in [2.75, 3.05) is 13.7 Å². The zero-order valence-electron chi connectivity index (χ0n) is 12.5. The molecule has 0 saturated heterocycles. The molecule has 0 fully saturated rings. The maximum atomic E-state index is 5.91. The first kappa shape index (κ1) is 15.4. The molecule has 2 aromatic rings. The van der Waals surface area contributed by atoms with E-state index < -0.39 is 0 Å². The Hall–Kier alpha value is -2.00. The molecule has 0 amide bonds. The number of nitrogens with two attached hydrogens (primary N) is 1. The molecular weight excluding hydrogens is 262 g/mol. The summed E-state index contributed by atoms with van der Waals surface area (Å²) in [6.07, 6.45) is 3.05. The molecule has 3 nitrogen and oxygen atoms in total. The van der Waals surface area contributed by atoms with E-state index in [2.05, 4.69) is 18.2 Å². The number of benzene rings is 2. The average Bonchev–Trinajstić information content (AvgIpc) is 2.54. The first-order valence-corrected chi connectivity index (χ1v) is 7.38. The Morgan fingerprint density at radius 3 is 2.48 bits per heavy atom. The van der Waals surface area contributed by atoms with Gasteiger partial charge in [-0.15, -0.1) is 0 Å². The number of ether oxygens (including phenoxy) is 2. The number of unbranched alkanes of at least 4 members (excludes halogenated alkanes) is 1. The second-order valence-corrected chi connectivity index (χ2v) is 4.97. The SMILES string of the molecule is COc1c(CCCCN)cccc1OCc1ccccc1. The lowest BCUT2D eigenvalue weighted by Crippen LogP contribution is -2.02. The summed E-state index contributed by atoms with van der Waals surface area (Å²) in [6.45, 7) is 1.27. The lowest BCUT2D eigenvalue weighted by atomic mass is 10.1. The van der Waals surface area contributed by atoms with E-state index in [1.807, 2.05) is 30.3 Å². The lowest BCUT2D eigenvalue weighted by molar-refractivity contribution is 0.283. The maximum absolute atomic E-state index is 5.91. The number of hydrogen-bond donors (Lipinski definition) is 1. The molecule has 0 heterocycles. The lowest BCUT2D eigenvalue weighted by Gasteiger charge is -2.14. The third-order valence-corrected chi connectivity index (χ3v) is 3.40. The molecule has 3 heteroatoms. The molecule has 0 aliphatic rings. The number of para-hydroxylation sites is 1. The molecular formula is C18H23NO2. The summed E-state index contributed by atoms with van der Waals surface area (Å²) in [5.74, 6) is 1.64. The van der Waals surface area contributed by atoms with Gasteiger partial charge in [0, 0.05) is 0 Å². The summed E-state index contributed by atoms with van der Waals surface area (Å²) in [4.78, 5) is 0. The van der Waals surface area contributed by atoms with Gasteiger partial charge in [-0.3, -0.25) is 0 Å². The number of methoxy groups -OCH3 is 1. The van der Waals surface area contributed by atoms with Crippen LogP contribution in [0.3, 0.4) is 0 Å². The molecule has 0 aromatic heterocycles. The van der Waals surface area contributed by atoms with Crippen LogP contribution in [0.5, 0.6) is 11.5 Å². The molecule has 0 spiro atoms. The van der Waals surface area contributed by atoms with Gasteiger partial charge in [-0.25, -0.2) is 0 Å². The van der Waals surface area contributed by atoms with Crippen molar-refractivity contribution in [1.82, 2.24) is 0 Å². The third-order valence-electron chi connectivity index (χ3n) is 3.40. The smallest absolute Gasteiger partial charge is 0.163 e. The molecule has 0 unspecified atom stereocenters. The average molecular weight is 285 g/mol. The van der Waals surface area contributed by atoms with Crippen LogP contribution < -0.4 is 15.2 Å². The molecule has 2 aromatic carbocycles. The van der Waals surface area contributed by atoms with E-state index >= 15 is 0 Å². The van der Waals surface area contributed by atoms with Crippen LogP contribution in [0.2, 0.25) is 0 Å². The van der Waals surface area contributed by atoms with Gasteiger partial charge in [0.25, 0.3) is 0 Å². The molecule has 2 N–H and O–H groups in total. The van der Waals surface area contributed by atoms with Crippen molar-refractivity contribution in [2.24, 2.45) is 5.73 Å². The Labute approximate surface area is 126 Å². The summed E-state index contributed by atoms with van der Waals surface area (Å²) >= 11 is 0. The predicted molar refractivity (Wildman–Crippen MR) is 85.8 cm³/mol. The number of rotatable bonds is 8. The number of hydrogen-bond acceptors (Lipinski definition) is 3.